The van der Waals surface area contributed by atoms with Gasteiger partial charge in [-0.25, -0.2) is 0 Å². The number of amides is 2. The van der Waals surface area contributed by atoms with Gasteiger partial charge in [0.1, 0.15) is 5.75 Å². The first-order valence-corrected chi connectivity index (χ1v) is 13.2. The van der Waals surface area contributed by atoms with Crippen LogP contribution < -0.4 is 15.0 Å². The molecule has 0 unspecified atom stereocenters. The largest absolute Gasteiger partial charge is 0.484 e. The Labute approximate surface area is 229 Å². The third-order valence-corrected chi connectivity index (χ3v) is 6.71. The van der Waals surface area contributed by atoms with Crippen molar-refractivity contribution in [3.63, 3.8) is 0 Å². The van der Waals surface area contributed by atoms with Gasteiger partial charge in [0.25, 0.3) is 5.91 Å². The molecule has 1 fully saturated rings. The van der Waals surface area contributed by atoms with Crippen LogP contribution in [0, 0.1) is 0 Å². The Hall–Kier alpha value is -3.77. The zero-order chi connectivity index (χ0) is 27.1. The minimum Gasteiger partial charge on any atom is -0.484 e. The molecule has 1 N–H and O–H groups in total. The molecule has 3 aromatic carbocycles. The van der Waals surface area contributed by atoms with Crippen molar-refractivity contribution in [3.05, 3.63) is 95.0 Å². The Morgan fingerprint density at radius 1 is 0.947 bits per heavy atom. The van der Waals surface area contributed by atoms with Gasteiger partial charge in [-0.15, -0.1) is 0 Å². The molecule has 0 atom stereocenters. The van der Waals surface area contributed by atoms with E-state index in [4.69, 9.17) is 16.3 Å². The fourth-order valence-electron chi connectivity index (χ4n) is 4.28. The topological polar surface area (TPSA) is 61.9 Å². The van der Waals surface area contributed by atoms with Crippen LogP contribution >= 0.6 is 11.6 Å². The van der Waals surface area contributed by atoms with Crippen LogP contribution in [0.3, 0.4) is 0 Å². The first-order valence-electron chi connectivity index (χ1n) is 12.8. The summed E-state index contributed by atoms with van der Waals surface area (Å²) in [6, 6.07) is 23.0. The lowest BCUT2D eigenvalue weighted by Crippen LogP contribution is -2.48. The molecular formula is C31H34ClN3O3. The van der Waals surface area contributed by atoms with Crippen molar-refractivity contribution < 1.29 is 14.3 Å². The molecular weight excluding hydrogens is 498 g/mol. The Morgan fingerprint density at radius 2 is 1.63 bits per heavy atom. The smallest absolute Gasteiger partial charge is 0.262 e. The third-order valence-electron chi connectivity index (χ3n) is 6.47. The Bertz CT molecular complexity index is 1280. The van der Waals surface area contributed by atoms with Crippen LogP contribution in [0.1, 0.15) is 31.9 Å². The minimum absolute atomic E-state index is 0.00850. The molecule has 1 saturated heterocycles. The van der Waals surface area contributed by atoms with Gasteiger partial charge in [-0.1, -0.05) is 74.8 Å². The first-order chi connectivity index (χ1) is 18.2. The van der Waals surface area contributed by atoms with E-state index in [0.717, 1.165) is 11.3 Å². The standard InChI is InChI=1S/C31H34ClN3O3/c1-31(2,3)24-10-13-26(14-11-24)38-22-29(36)33-27-21-25(32)12-15-28(27)34-17-19-35(20-18-34)30(37)16-9-23-7-5-4-6-8-23/h4-16,21H,17-20,22H2,1-3H3,(H,33,36)/b16-9+. The van der Waals surface area contributed by atoms with Crippen LogP contribution in [-0.2, 0) is 15.0 Å². The maximum Gasteiger partial charge on any atom is 0.262 e. The number of carbonyl (C=O) groups excluding carboxylic acids is 2. The SMILES string of the molecule is CC(C)(C)c1ccc(OCC(=O)Nc2cc(Cl)ccc2N2CCN(C(=O)/C=C/c3ccccc3)CC2)cc1. The van der Waals surface area contributed by atoms with Gasteiger partial charge in [0.15, 0.2) is 6.61 Å². The molecule has 0 radical (unpaired) electrons. The van der Waals surface area contributed by atoms with Gasteiger partial charge in [-0.2, -0.15) is 0 Å². The van der Waals surface area contributed by atoms with E-state index < -0.39 is 0 Å². The van der Waals surface area contributed by atoms with Crippen LogP contribution in [0.2, 0.25) is 5.02 Å². The normalized spacial score (nSPS) is 14.0. The van der Waals surface area contributed by atoms with E-state index in [0.29, 0.717) is 42.6 Å². The molecule has 7 heteroatoms. The average Bonchev–Trinajstić information content (AvgIpc) is 2.91. The summed E-state index contributed by atoms with van der Waals surface area (Å²) < 4.78 is 5.71. The van der Waals surface area contributed by atoms with Crippen molar-refractivity contribution in [2.24, 2.45) is 0 Å². The Balaban J connectivity index is 1.33. The van der Waals surface area contributed by atoms with Gasteiger partial charge >= 0.3 is 0 Å². The summed E-state index contributed by atoms with van der Waals surface area (Å²) in [7, 11) is 0. The number of nitrogens with one attached hydrogen (secondary N) is 1. The van der Waals surface area contributed by atoms with E-state index in [1.54, 1.807) is 18.2 Å². The number of carbonyl (C=O) groups is 2. The van der Waals surface area contributed by atoms with Gasteiger partial charge in [-0.05, 0) is 52.9 Å². The van der Waals surface area contributed by atoms with Crippen LogP contribution in [-0.4, -0.2) is 49.5 Å². The summed E-state index contributed by atoms with van der Waals surface area (Å²) in [4.78, 5) is 29.4. The molecule has 0 aromatic heterocycles. The highest BCUT2D eigenvalue weighted by atomic mass is 35.5. The van der Waals surface area contributed by atoms with Crippen molar-refractivity contribution in [2.75, 3.05) is 43.0 Å². The second-order valence-corrected chi connectivity index (χ2v) is 10.8. The van der Waals surface area contributed by atoms with Gasteiger partial charge in [0, 0.05) is 37.3 Å². The van der Waals surface area contributed by atoms with E-state index in [-0.39, 0.29) is 23.8 Å². The fourth-order valence-corrected chi connectivity index (χ4v) is 4.45. The van der Waals surface area contributed by atoms with Crippen molar-refractivity contribution in [3.8, 4) is 5.75 Å². The highest BCUT2D eigenvalue weighted by molar-refractivity contribution is 6.31. The van der Waals surface area contributed by atoms with Crippen molar-refractivity contribution in [1.82, 2.24) is 4.90 Å². The second kappa shape index (κ2) is 12.2. The quantitative estimate of drug-likeness (QED) is 0.379. The van der Waals surface area contributed by atoms with Gasteiger partial charge in [0.05, 0.1) is 11.4 Å². The number of ether oxygens (including phenoxy) is 1. The summed E-state index contributed by atoms with van der Waals surface area (Å²) in [6.45, 7) is 8.80. The molecule has 1 aliphatic rings. The number of hydrogen-bond acceptors (Lipinski definition) is 4. The van der Waals surface area contributed by atoms with Crippen molar-refractivity contribution in [1.29, 1.82) is 0 Å². The number of rotatable bonds is 7. The summed E-state index contributed by atoms with van der Waals surface area (Å²) in [5.41, 5.74) is 3.73. The van der Waals surface area contributed by atoms with Crippen LogP contribution in [0.25, 0.3) is 6.08 Å². The van der Waals surface area contributed by atoms with Gasteiger partial charge in [0.2, 0.25) is 5.91 Å². The number of nitrogens with zero attached hydrogens (tertiary/aromatic N) is 2. The fraction of sp³-hybridized carbons (Fsp3) is 0.290. The van der Waals surface area contributed by atoms with Crippen LogP contribution in [0.4, 0.5) is 11.4 Å². The summed E-state index contributed by atoms with van der Waals surface area (Å²) in [5, 5.41) is 3.48. The lowest BCUT2D eigenvalue weighted by atomic mass is 9.87. The van der Waals surface area contributed by atoms with Crippen LogP contribution in [0.5, 0.6) is 5.75 Å². The maximum absolute atomic E-state index is 12.7. The third kappa shape index (κ3) is 7.39. The van der Waals surface area contributed by atoms with Crippen molar-refractivity contribution >= 4 is 40.9 Å². The van der Waals surface area contributed by atoms with E-state index >= 15 is 0 Å². The molecule has 1 heterocycles. The number of piperazine rings is 1. The zero-order valence-corrected chi connectivity index (χ0v) is 22.9. The van der Waals surface area contributed by atoms with E-state index in [1.807, 2.05) is 71.6 Å². The number of benzene rings is 3. The van der Waals surface area contributed by atoms with Crippen LogP contribution in [0.15, 0.2) is 78.9 Å². The van der Waals surface area contributed by atoms with E-state index in [9.17, 15) is 9.59 Å². The molecule has 0 saturated carbocycles. The summed E-state index contributed by atoms with van der Waals surface area (Å²) in [6.07, 6.45) is 3.46. The average molecular weight is 532 g/mol. The number of halogens is 1. The molecule has 38 heavy (non-hydrogen) atoms. The molecule has 4 rings (SSSR count). The van der Waals surface area contributed by atoms with Gasteiger partial charge in [-0.3, -0.25) is 9.59 Å². The highest BCUT2D eigenvalue weighted by Crippen LogP contribution is 2.30. The predicted octanol–water partition coefficient (Wildman–Crippen LogP) is 6.02. The molecule has 3 aromatic rings. The number of hydrogen-bond donors (Lipinski definition) is 1. The summed E-state index contributed by atoms with van der Waals surface area (Å²) >= 11 is 6.25. The summed E-state index contributed by atoms with van der Waals surface area (Å²) in [5.74, 6) is 0.362. The molecule has 1 aliphatic heterocycles. The molecule has 2 amide bonds. The van der Waals surface area contributed by atoms with E-state index in [1.165, 1.54) is 5.56 Å². The maximum atomic E-state index is 12.7. The van der Waals surface area contributed by atoms with Crippen molar-refractivity contribution in [2.45, 2.75) is 26.2 Å². The molecule has 0 aliphatic carbocycles. The zero-order valence-electron chi connectivity index (χ0n) is 22.1. The second-order valence-electron chi connectivity index (χ2n) is 10.3. The highest BCUT2D eigenvalue weighted by Gasteiger charge is 2.22. The monoisotopic (exact) mass is 531 g/mol. The minimum atomic E-state index is -0.270. The first kappa shape index (κ1) is 27.3. The molecule has 0 spiro atoms. The predicted molar refractivity (Wildman–Crippen MR) is 155 cm³/mol. The Morgan fingerprint density at radius 3 is 2.29 bits per heavy atom. The lowest BCUT2D eigenvalue weighted by molar-refractivity contribution is -0.126. The lowest BCUT2D eigenvalue weighted by Gasteiger charge is -2.36. The molecule has 198 valence electrons. The molecule has 6 nitrogen and oxygen atoms in total. The Kier molecular flexibility index (Phi) is 8.74. The molecule has 0 bridgehead atoms. The van der Waals surface area contributed by atoms with Gasteiger partial charge < -0.3 is 19.9 Å². The number of anilines is 2. The van der Waals surface area contributed by atoms with E-state index in [2.05, 4.69) is 31.0 Å².